The van der Waals surface area contributed by atoms with Gasteiger partial charge in [-0.2, -0.15) is 5.21 Å². The van der Waals surface area contributed by atoms with Crippen LogP contribution in [0.15, 0.2) is 29.1 Å². The van der Waals surface area contributed by atoms with E-state index < -0.39 is 0 Å². The number of nitrogens with zero attached hydrogens (tertiary/aromatic N) is 3. The minimum atomic E-state index is -0.00958. The lowest BCUT2D eigenvalue weighted by Crippen LogP contribution is -2.11. The van der Waals surface area contributed by atoms with Crippen LogP contribution in [0.1, 0.15) is 26.3 Å². The number of tetrazole rings is 1. The van der Waals surface area contributed by atoms with Crippen LogP contribution in [0.25, 0.3) is 20.8 Å². The third-order valence-electron chi connectivity index (χ3n) is 3.16. The summed E-state index contributed by atoms with van der Waals surface area (Å²) in [5.41, 5.74) is 1.17. The number of H-pyrrole nitrogens is 1. The highest BCUT2D eigenvalue weighted by Gasteiger charge is 2.15. The maximum absolute atomic E-state index is 12.3. The van der Waals surface area contributed by atoms with Gasteiger partial charge >= 0.3 is 0 Å². The van der Waals surface area contributed by atoms with E-state index in [1.165, 1.54) is 11.3 Å². The molecule has 0 bridgehead atoms. The minimum absolute atomic E-state index is 0.00958. The molecule has 20 heavy (non-hydrogen) atoms. The number of hydrogen-bond acceptors (Lipinski definition) is 5. The van der Waals surface area contributed by atoms with Crippen molar-refractivity contribution < 1.29 is 0 Å². The van der Waals surface area contributed by atoms with Gasteiger partial charge in [0.15, 0.2) is 5.43 Å². The fourth-order valence-corrected chi connectivity index (χ4v) is 2.99. The van der Waals surface area contributed by atoms with Gasteiger partial charge in [-0.1, -0.05) is 26.8 Å². The van der Waals surface area contributed by atoms with Gasteiger partial charge in [-0.3, -0.25) is 4.79 Å². The Bertz CT molecular complexity index is 815. The first-order chi connectivity index (χ1) is 9.45. The van der Waals surface area contributed by atoms with Crippen molar-refractivity contribution in [3.8, 4) is 10.7 Å². The predicted octanol–water partition coefficient (Wildman–Crippen LogP) is 2.74. The standard InChI is InChI=1S/C14H14N4OS/c1-14(2,3)8-4-5-11-9(6-8)10(19)7-12(20-11)13-15-17-18-16-13/h4-7H,1-3H3,(H,15,16,17,18). The fourth-order valence-electron chi connectivity index (χ4n) is 2.00. The predicted molar refractivity (Wildman–Crippen MR) is 80.0 cm³/mol. The third kappa shape index (κ3) is 2.22. The average molecular weight is 286 g/mol. The zero-order valence-electron chi connectivity index (χ0n) is 11.5. The summed E-state index contributed by atoms with van der Waals surface area (Å²) in [6, 6.07) is 7.61. The number of nitrogens with one attached hydrogen (secondary N) is 1. The maximum Gasteiger partial charge on any atom is 0.214 e. The molecule has 0 aliphatic carbocycles. The topological polar surface area (TPSA) is 71.5 Å². The normalized spacial score (nSPS) is 11.9. The quantitative estimate of drug-likeness (QED) is 0.746. The summed E-state index contributed by atoms with van der Waals surface area (Å²) in [6.07, 6.45) is 0. The van der Waals surface area contributed by atoms with E-state index in [1.807, 2.05) is 12.1 Å². The van der Waals surface area contributed by atoms with Gasteiger partial charge in [-0.05, 0) is 28.3 Å². The molecule has 3 aromatic rings. The SMILES string of the molecule is CC(C)(C)c1ccc2sc(-c3nn[nH]n3)cc(=O)c2c1. The van der Waals surface area contributed by atoms with E-state index in [9.17, 15) is 4.79 Å². The Morgan fingerprint density at radius 2 is 2.00 bits per heavy atom. The van der Waals surface area contributed by atoms with E-state index in [-0.39, 0.29) is 10.8 Å². The van der Waals surface area contributed by atoms with Crippen molar-refractivity contribution >= 4 is 21.4 Å². The summed E-state index contributed by atoms with van der Waals surface area (Å²) in [5.74, 6) is 0.453. The van der Waals surface area contributed by atoms with Crippen LogP contribution in [0, 0.1) is 0 Å². The van der Waals surface area contributed by atoms with Gasteiger partial charge in [-0.25, -0.2) is 0 Å². The molecule has 0 aliphatic heterocycles. The summed E-state index contributed by atoms with van der Waals surface area (Å²) in [5, 5.41) is 14.5. The van der Waals surface area contributed by atoms with Crippen molar-refractivity contribution in [1.29, 1.82) is 0 Å². The Morgan fingerprint density at radius 1 is 1.20 bits per heavy atom. The summed E-state index contributed by atoms with van der Waals surface area (Å²) < 4.78 is 0.935. The van der Waals surface area contributed by atoms with Gasteiger partial charge in [0.25, 0.3) is 0 Å². The molecule has 6 heteroatoms. The van der Waals surface area contributed by atoms with Gasteiger partial charge in [0, 0.05) is 16.2 Å². The fraction of sp³-hybridized carbons (Fsp3) is 0.286. The third-order valence-corrected chi connectivity index (χ3v) is 4.26. The Balaban J connectivity index is 2.23. The minimum Gasteiger partial charge on any atom is -0.289 e. The number of aromatic amines is 1. The van der Waals surface area contributed by atoms with Crippen molar-refractivity contribution in [3.05, 3.63) is 40.1 Å². The van der Waals surface area contributed by atoms with E-state index in [0.717, 1.165) is 20.5 Å². The Labute approximate surface area is 119 Å². The molecule has 2 heterocycles. The molecule has 0 unspecified atom stereocenters. The second kappa shape index (κ2) is 4.49. The van der Waals surface area contributed by atoms with Crippen LogP contribution in [0.4, 0.5) is 0 Å². The number of fused-ring (bicyclic) bond motifs is 1. The summed E-state index contributed by atoms with van der Waals surface area (Å²) in [7, 11) is 0. The number of benzene rings is 1. The largest absolute Gasteiger partial charge is 0.289 e. The maximum atomic E-state index is 12.3. The highest BCUT2D eigenvalue weighted by Crippen LogP contribution is 2.29. The molecule has 0 aliphatic rings. The van der Waals surface area contributed by atoms with E-state index in [0.29, 0.717) is 5.82 Å². The Hall–Kier alpha value is -2.08. The van der Waals surface area contributed by atoms with Gasteiger partial charge in [0.1, 0.15) is 0 Å². The van der Waals surface area contributed by atoms with Crippen molar-refractivity contribution in [3.63, 3.8) is 0 Å². The number of aromatic nitrogens is 4. The summed E-state index contributed by atoms with van der Waals surface area (Å²) >= 11 is 1.49. The molecule has 1 aromatic carbocycles. The van der Waals surface area contributed by atoms with Crippen molar-refractivity contribution in [2.24, 2.45) is 0 Å². The second-order valence-electron chi connectivity index (χ2n) is 5.67. The molecule has 0 saturated carbocycles. The monoisotopic (exact) mass is 286 g/mol. The highest BCUT2D eigenvalue weighted by molar-refractivity contribution is 7.21. The molecule has 5 nitrogen and oxygen atoms in total. The first-order valence-electron chi connectivity index (χ1n) is 6.27. The molecular weight excluding hydrogens is 272 g/mol. The molecule has 0 saturated heterocycles. The van der Waals surface area contributed by atoms with Crippen LogP contribution in [-0.2, 0) is 5.41 Å². The van der Waals surface area contributed by atoms with Crippen LogP contribution in [0.5, 0.6) is 0 Å². The smallest absolute Gasteiger partial charge is 0.214 e. The van der Waals surface area contributed by atoms with Crippen LogP contribution in [0.2, 0.25) is 0 Å². The van der Waals surface area contributed by atoms with Crippen LogP contribution >= 0.6 is 11.3 Å². The van der Waals surface area contributed by atoms with Crippen molar-refractivity contribution in [2.75, 3.05) is 0 Å². The molecule has 1 N–H and O–H groups in total. The first kappa shape index (κ1) is 12.9. The van der Waals surface area contributed by atoms with Gasteiger partial charge < -0.3 is 0 Å². The van der Waals surface area contributed by atoms with E-state index in [1.54, 1.807) is 6.07 Å². The molecule has 2 aromatic heterocycles. The average Bonchev–Trinajstić information content (AvgIpc) is 2.91. The molecule has 0 radical (unpaired) electrons. The molecule has 0 amide bonds. The van der Waals surface area contributed by atoms with E-state index in [2.05, 4.69) is 47.5 Å². The van der Waals surface area contributed by atoms with Gasteiger partial charge in [0.2, 0.25) is 5.82 Å². The second-order valence-corrected chi connectivity index (χ2v) is 6.76. The van der Waals surface area contributed by atoms with E-state index >= 15 is 0 Å². The van der Waals surface area contributed by atoms with Crippen molar-refractivity contribution in [1.82, 2.24) is 20.6 Å². The first-order valence-corrected chi connectivity index (χ1v) is 7.09. The Kier molecular flexibility index (Phi) is 2.90. The lowest BCUT2D eigenvalue weighted by atomic mass is 9.86. The molecule has 0 fully saturated rings. The number of rotatable bonds is 1. The van der Waals surface area contributed by atoms with Crippen molar-refractivity contribution in [2.45, 2.75) is 26.2 Å². The lowest BCUT2D eigenvalue weighted by molar-refractivity contribution is 0.591. The number of hydrogen-bond donors (Lipinski definition) is 1. The molecular formula is C14H14N4OS. The van der Waals surface area contributed by atoms with E-state index in [4.69, 9.17) is 0 Å². The Morgan fingerprint density at radius 3 is 2.65 bits per heavy atom. The zero-order chi connectivity index (χ0) is 14.3. The van der Waals surface area contributed by atoms with Gasteiger partial charge in [0.05, 0.1) is 4.88 Å². The lowest BCUT2D eigenvalue weighted by Gasteiger charge is -2.19. The summed E-state index contributed by atoms with van der Waals surface area (Å²) in [4.78, 5) is 13.0. The molecule has 0 atom stereocenters. The van der Waals surface area contributed by atoms with Crippen LogP contribution in [0.3, 0.4) is 0 Å². The summed E-state index contributed by atoms with van der Waals surface area (Å²) in [6.45, 7) is 6.40. The molecule has 102 valence electrons. The molecule has 3 rings (SSSR count). The molecule has 0 spiro atoms. The van der Waals surface area contributed by atoms with Crippen LogP contribution < -0.4 is 5.43 Å². The highest BCUT2D eigenvalue weighted by atomic mass is 32.1. The van der Waals surface area contributed by atoms with Crippen LogP contribution in [-0.4, -0.2) is 20.6 Å². The van der Waals surface area contributed by atoms with Gasteiger partial charge in [-0.15, -0.1) is 21.5 Å². The zero-order valence-corrected chi connectivity index (χ0v) is 12.3.